The van der Waals surface area contributed by atoms with Crippen LogP contribution in [0.2, 0.25) is 0 Å². The van der Waals surface area contributed by atoms with Gasteiger partial charge in [-0.1, -0.05) is 63.2 Å². The number of hydrogen-bond donors (Lipinski definition) is 1. The molecule has 0 aliphatic heterocycles. The number of aliphatic hydroxyl groups excluding tert-OH is 1. The molecule has 3 nitrogen and oxygen atoms in total. The summed E-state index contributed by atoms with van der Waals surface area (Å²) in [5, 5.41) is 9.51. The summed E-state index contributed by atoms with van der Waals surface area (Å²) in [6.45, 7) is 5.14. The van der Waals surface area contributed by atoms with E-state index in [1.54, 1.807) is 6.08 Å². The van der Waals surface area contributed by atoms with Crippen LogP contribution < -0.4 is 0 Å². The molecule has 0 saturated carbocycles. The van der Waals surface area contributed by atoms with Crippen molar-refractivity contribution >= 4 is 5.97 Å². The summed E-state index contributed by atoms with van der Waals surface area (Å²) >= 11 is 0. The van der Waals surface area contributed by atoms with Crippen molar-refractivity contribution in [2.45, 2.75) is 83.7 Å². The third-order valence-electron chi connectivity index (χ3n) is 3.59. The molecule has 22 heavy (non-hydrogen) atoms. The summed E-state index contributed by atoms with van der Waals surface area (Å²) in [7, 11) is 0. The number of unbranched alkanes of at least 4 members (excludes halogenated alkanes) is 10. The Kier molecular flexibility index (Phi) is 15.5. The number of carbonyl (C=O) groups is 1. The lowest BCUT2D eigenvalue weighted by molar-refractivity contribution is -0.143. The number of aliphatic hydroxyl groups is 1. The van der Waals surface area contributed by atoms with Gasteiger partial charge in [-0.2, -0.15) is 0 Å². The number of hydrogen-bond acceptors (Lipinski definition) is 3. The van der Waals surface area contributed by atoms with Gasteiger partial charge >= 0.3 is 5.97 Å². The Morgan fingerprint density at radius 1 is 1.00 bits per heavy atom. The zero-order chi connectivity index (χ0) is 16.5. The third kappa shape index (κ3) is 17.0. The minimum absolute atomic E-state index is 0.0542. The molecule has 0 aliphatic rings. The van der Waals surface area contributed by atoms with Crippen LogP contribution in [0.25, 0.3) is 0 Å². The van der Waals surface area contributed by atoms with Gasteiger partial charge in [-0.05, 0) is 25.7 Å². The van der Waals surface area contributed by atoms with E-state index >= 15 is 0 Å². The number of ether oxygens (including phenoxy) is 1. The molecule has 0 saturated heterocycles. The standard InChI is InChI=1S/C19H34O3/c1-3-4-5-6-7-8-9-10-11-12-13-14-15-16-19(21)17-22-18(2)20/h3,15-16,19,21H,1,4-14,17H2,2H3/b16-15+. The second-order valence-electron chi connectivity index (χ2n) is 5.85. The molecule has 0 aromatic heterocycles. The predicted octanol–water partition coefficient (Wildman–Crippen LogP) is 4.94. The van der Waals surface area contributed by atoms with Crippen molar-refractivity contribution in [2.75, 3.05) is 6.61 Å². The third-order valence-corrected chi connectivity index (χ3v) is 3.59. The molecule has 0 aliphatic carbocycles. The van der Waals surface area contributed by atoms with Crippen molar-refractivity contribution in [2.24, 2.45) is 0 Å². The maximum atomic E-state index is 10.6. The Bertz CT molecular complexity index is 297. The van der Waals surface area contributed by atoms with E-state index in [1.807, 2.05) is 12.2 Å². The van der Waals surface area contributed by atoms with Crippen LogP contribution in [-0.4, -0.2) is 23.8 Å². The van der Waals surface area contributed by atoms with E-state index in [0.717, 1.165) is 19.3 Å². The van der Waals surface area contributed by atoms with Crippen LogP contribution in [-0.2, 0) is 9.53 Å². The molecule has 0 aromatic carbocycles. The molecule has 1 unspecified atom stereocenters. The first-order chi connectivity index (χ1) is 10.7. The molecule has 1 N–H and O–H groups in total. The lowest BCUT2D eigenvalue weighted by atomic mass is 10.1. The normalized spacial score (nSPS) is 12.5. The first-order valence-electron chi connectivity index (χ1n) is 8.75. The monoisotopic (exact) mass is 310 g/mol. The summed E-state index contributed by atoms with van der Waals surface area (Å²) < 4.78 is 4.72. The van der Waals surface area contributed by atoms with Crippen LogP contribution in [0.5, 0.6) is 0 Å². The van der Waals surface area contributed by atoms with Gasteiger partial charge in [-0.3, -0.25) is 4.79 Å². The second-order valence-corrected chi connectivity index (χ2v) is 5.85. The Morgan fingerprint density at radius 3 is 2.00 bits per heavy atom. The lowest BCUT2D eigenvalue weighted by Gasteiger charge is -2.05. The highest BCUT2D eigenvalue weighted by atomic mass is 16.5. The fraction of sp³-hybridized carbons (Fsp3) is 0.737. The zero-order valence-corrected chi connectivity index (χ0v) is 14.3. The molecule has 0 fully saturated rings. The second kappa shape index (κ2) is 16.3. The fourth-order valence-corrected chi connectivity index (χ4v) is 2.30. The van der Waals surface area contributed by atoms with E-state index in [4.69, 9.17) is 4.74 Å². The van der Waals surface area contributed by atoms with Gasteiger partial charge in [-0.25, -0.2) is 0 Å². The molecule has 0 amide bonds. The number of rotatable bonds is 15. The molecular weight excluding hydrogens is 276 g/mol. The maximum absolute atomic E-state index is 10.6. The Balaban J connectivity index is 3.22. The quantitative estimate of drug-likeness (QED) is 0.265. The van der Waals surface area contributed by atoms with Gasteiger partial charge in [-0.15, -0.1) is 6.58 Å². The van der Waals surface area contributed by atoms with Crippen molar-refractivity contribution in [1.82, 2.24) is 0 Å². The van der Waals surface area contributed by atoms with Crippen LogP contribution >= 0.6 is 0 Å². The highest BCUT2D eigenvalue weighted by Crippen LogP contribution is 2.11. The van der Waals surface area contributed by atoms with E-state index < -0.39 is 6.10 Å². The molecule has 0 rings (SSSR count). The molecular formula is C19H34O3. The molecule has 1 atom stereocenters. The Labute approximate surface area is 136 Å². The van der Waals surface area contributed by atoms with E-state index in [9.17, 15) is 9.90 Å². The van der Waals surface area contributed by atoms with Crippen molar-refractivity contribution in [3.8, 4) is 0 Å². The van der Waals surface area contributed by atoms with Gasteiger partial charge in [0.15, 0.2) is 0 Å². The van der Waals surface area contributed by atoms with Gasteiger partial charge in [0.05, 0.1) is 0 Å². The average molecular weight is 310 g/mol. The van der Waals surface area contributed by atoms with Crippen molar-refractivity contribution < 1.29 is 14.6 Å². The summed E-state index contributed by atoms with van der Waals surface area (Å²) in [6, 6.07) is 0. The molecule has 0 bridgehead atoms. The van der Waals surface area contributed by atoms with E-state index in [0.29, 0.717) is 0 Å². The molecule has 0 spiro atoms. The smallest absolute Gasteiger partial charge is 0.302 e. The van der Waals surface area contributed by atoms with E-state index in [-0.39, 0.29) is 12.6 Å². The van der Waals surface area contributed by atoms with E-state index in [2.05, 4.69) is 6.58 Å². The number of esters is 1. The van der Waals surface area contributed by atoms with Crippen LogP contribution in [0.15, 0.2) is 24.8 Å². The SMILES string of the molecule is C=CCCCCCCCCCCC/C=C/C(O)COC(C)=O. The summed E-state index contributed by atoms with van der Waals surface area (Å²) in [5.74, 6) is -0.354. The van der Waals surface area contributed by atoms with Gasteiger partial charge in [0.1, 0.15) is 12.7 Å². The summed E-state index contributed by atoms with van der Waals surface area (Å²) in [5.41, 5.74) is 0. The minimum Gasteiger partial charge on any atom is -0.463 e. The van der Waals surface area contributed by atoms with Crippen LogP contribution in [0.3, 0.4) is 0 Å². The summed E-state index contributed by atoms with van der Waals surface area (Å²) in [4.78, 5) is 10.6. The summed E-state index contributed by atoms with van der Waals surface area (Å²) in [6.07, 6.45) is 18.9. The van der Waals surface area contributed by atoms with Crippen LogP contribution in [0.1, 0.15) is 77.6 Å². The largest absolute Gasteiger partial charge is 0.463 e. The predicted molar refractivity (Wildman–Crippen MR) is 92.8 cm³/mol. The van der Waals surface area contributed by atoms with Gasteiger partial charge in [0, 0.05) is 6.92 Å². The van der Waals surface area contributed by atoms with Crippen molar-refractivity contribution in [3.05, 3.63) is 24.8 Å². The minimum atomic E-state index is -0.676. The van der Waals surface area contributed by atoms with Crippen LogP contribution in [0.4, 0.5) is 0 Å². The fourth-order valence-electron chi connectivity index (χ4n) is 2.30. The molecule has 0 aromatic rings. The first kappa shape index (κ1) is 20.9. The Morgan fingerprint density at radius 2 is 1.50 bits per heavy atom. The topological polar surface area (TPSA) is 46.5 Å². The van der Waals surface area contributed by atoms with Gasteiger partial charge < -0.3 is 9.84 Å². The van der Waals surface area contributed by atoms with Crippen molar-refractivity contribution in [1.29, 1.82) is 0 Å². The van der Waals surface area contributed by atoms with Gasteiger partial charge in [0.25, 0.3) is 0 Å². The molecule has 3 heteroatoms. The molecule has 128 valence electrons. The first-order valence-corrected chi connectivity index (χ1v) is 8.75. The molecule has 0 radical (unpaired) electrons. The number of carbonyl (C=O) groups excluding carboxylic acids is 1. The average Bonchev–Trinajstić information content (AvgIpc) is 2.49. The van der Waals surface area contributed by atoms with E-state index in [1.165, 1.54) is 58.3 Å². The maximum Gasteiger partial charge on any atom is 0.302 e. The molecule has 0 heterocycles. The highest BCUT2D eigenvalue weighted by molar-refractivity contribution is 5.65. The van der Waals surface area contributed by atoms with Crippen molar-refractivity contribution in [3.63, 3.8) is 0 Å². The number of allylic oxidation sites excluding steroid dienone is 2. The zero-order valence-electron chi connectivity index (χ0n) is 14.3. The highest BCUT2D eigenvalue weighted by Gasteiger charge is 2.00. The van der Waals surface area contributed by atoms with Crippen LogP contribution in [0, 0.1) is 0 Å². The lowest BCUT2D eigenvalue weighted by Crippen LogP contribution is -2.14. The van der Waals surface area contributed by atoms with Gasteiger partial charge in [0.2, 0.25) is 0 Å². The Hall–Kier alpha value is -1.09.